The second-order valence-corrected chi connectivity index (χ2v) is 9.32. The number of hydrogen-bond acceptors (Lipinski definition) is 4. The zero-order valence-corrected chi connectivity index (χ0v) is 17.1. The molecule has 6 nitrogen and oxygen atoms in total. The van der Waals surface area contributed by atoms with Gasteiger partial charge >= 0.3 is 0 Å². The monoisotopic (exact) mass is 402 g/mol. The van der Waals surface area contributed by atoms with Gasteiger partial charge in [0, 0.05) is 19.6 Å². The SMILES string of the molecule is COc1ccc(S(=O)(=O)N2CCC[C@H](C(=O)NCCC(C)C)C2)cc1Cl. The summed E-state index contributed by atoms with van der Waals surface area (Å²) in [5.41, 5.74) is 0. The molecular formula is C18H27ClN2O4S. The molecule has 1 aromatic rings. The van der Waals surface area contributed by atoms with Gasteiger partial charge in [0.25, 0.3) is 0 Å². The molecule has 2 rings (SSSR count). The molecule has 146 valence electrons. The molecule has 8 heteroatoms. The number of sulfonamides is 1. The van der Waals surface area contributed by atoms with Crippen molar-refractivity contribution in [2.24, 2.45) is 11.8 Å². The fraction of sp³-hybridized carbons (Fsp3) is 0.611. The third-order valence-electron chi connectivity index (χ3n) is 4.54. The number of carbonyl (C=O) groups is 1. The van der Waals surface area contributed by atoms with E-state index in [1.165, 1.54) is 29.6 Å². The maximum absolute atomic E-state index is 12.9. The van der Waals surface area contributed by atoms with E-state index in [9.17, 15) is 13.2 Å². The molecule has 1 aromatic carbocycles. The number of carbonyl (C=O) groups excluding carboxylic acids is 1. The zero-order valence-electron chi connectivity index (χ0n) is 15.5. The van der Waals surface area contributed by atoms with Gasteiger partial charge in [0.1, 0.15) is 5.75 Å². The molecular weight excluding hydrogens is 376 g/mol. The minimum Gasteiger partial charge on any atom is -0.495 e. The highest BCUT2D eigenvalue weighted by Gasteiger charge is 2.33. The summed E-state index contributed by atoms with van der Waals surface area (Å²) in [5.74, 6) is 0.544. The summed E-state index contributed by atoms with van der Waals surface area (Å²) in [7, 11) is -2.22. The molecule has 1 atom stereocenters. The Balaban J connectivity index is 2.07. The maximum Gasteiger partial charge on any atom is 0.243 e. The molecule has 0 saturated carbocycles. The summed E-state index contributed by atoms with van der Waals surface area (Å²) in [6.45, 7) is 5.41. The molecule has 0 spiro atoms. The highest BCUT2D eigenvalue weighted by atomic mass is 35.5. The number of amides is 1. The van der Waals surface area contributed by atoms with E-state index in [0.29, 0.717) is 37.6 Å². The molecule has 1 heterocycles. The topological polar surface area (TPSA) is 75.7 Å². The van der Waals surface area contributed by atoms with Gasteiger partial charge in [0.15, 0.2) is 0 Å². The lowest BCUT2D eigenvalue weighted by molar-refractivity contribution is -0.126. The van der Waals surface area contributed by atoms with E-state index in [1.54, 1.807) is 0 Å². The Labute approximate surface area is 160 Å². The standard InChI is InChI=1S/C18H27ClN2O4S/c1-13(2)8-9-20-18(22)14-5-4-10-21(12-14)26(23,24)15-6-7-17(25-3)16(19)11-15/h6-7,11,13-14H,4-5,8-10,12H2,1-3H3,(H,20,22)/t14-/m0/s1. The lowest BCUT2D eigenvalue weighted by Crippen LogP contribution is -2.45. The first-order valence-electron chi connectivity index (χ1n) is 8.87. The lowest BCUT2D eigenvalue weighted by Gasteiger charge is -2.31. The molecule has 1 N–H and O–H groups in total. The van der Waals surface area contributed by atoms with Crippen LogP contribution in [0.4, 0.5) is 0 Å². The number of halogens is 1. The average molecular weight is 403 g/mol. The van der Waals surface area contributed by atoms with Crippen LogP contribution >= 0.6 is 11.6 Å². The van der Waals surface area contributed by atoms with Crippen LogP contribution in [-0.2, 0) is 14.8 Å². The second-order valence-electron chi connectivity index (χ2n) is 6.97. The summed E-state index contributed by atoms with van der Waals surface area (Å²) in [4.78, 5) is 12.5. The van der Waals surface area contributed by atoms with Crippen LogP contribution in [0.1, 0.15) is 33.1 Å². The van der Waals surface area contributed by atoms with Crippen molar-refractivity contribution >= 4 is 27.5 Å². The van der Waals surface area contributed by atoms with Crippen LogP contribution in [0.2, 0.25) is 5.02 Å². The van der Waals surface area contributed by atoms with Crippen LogP contribution in [0.15, 0.2) is 23.1 Å². The maximum atomic E-state index is 12.9. The number of nitrogens with zero attached hydrogens (tertiary/aromatic N) is 1. The average Bonchev–Trinajstić information content (AvgIpc) is 2.61. The molecule has 26 heavy (non-hydrogen) atoms. The molecule has 0 aromatic heterocycles. The molecule has 1 aliphatic rings. The Bertz CT molecular complexity index is 737. The summed E-state index contributed by atoms with van der Waals surface area (Å²) < 4.78 is 32.3. The Hall–Kier alpha value is -1.31. The van der Waals surface area contributed by atoms with E-state index in [-0.39, 0.29) is 28.3 Å². The van der Waals surface area contributed by atoms with Crippen molar-refractivity contribution in [3.8, 4) is 5.75 Å². The van der Waals surface area contributed by atoms with Crippen molar-refractivity contribution in [3.05, 3.63) is 23.2 Å². The lowest BCUT2D eigenvalue weighted by atomic mass is 9.98. The summed E-state index contributed by atoms with van der Waals surface area (Å²) in [6.07, 6.45) is 2.26. The predicted molar refractivity (Wildman–Crippen MR) is 102 cm³/mol. The van der Waals surface area contributed by atoms with Crippen molar-refractivity contribution < 1.29 is 17.9 Å². The van der Waals surface area contributed by atoms with Gasteiger partial charge in [-0.2, -0.15) is 4.31 Å². The van der Waals surface area contributed by atoms with Gasteiger partial charge in [-0.15, -0.1) is 0 Å². The van der Waals surface area contributed by atoms with Gasteiger partial charge in [-0.25, -0.2) is 8.42 Å². The highest BCUT2D eigenvalue weighted by molar-refractivity contribution is 7.89. The number of ether oxygens (including phenoxy) is 1. The molecule has 0 radical (unpaired) electrons. The predicted octanol–water partition coefficient (Wildman–Crippen LogP) is 2.91. The third-order valence-corrected chi connectivity index (χ3v) is 6.69. The molecule has 1 fully saturated rings. The number of rotatable bonds is 7. The fourth-order valence-corrected chi connectivity index (χ4v) is 4.83. The van der Waals surface area contributed by atoms with E-state index in [4.69, 9.17) is 16.3 Å². The highest BCUT2D eigenvalue weighted by Crippen LogP contribution is 2.30. The van der Waals surface area contributed by atoms with Crippen LogP contribution in [0.25, 0.3) is 0 Å². The molecule has 0 bridgehead atoms. The van der Waals surface area contributed by atoms with Gasteiger partial charge in [0.2, 0.25) is 15.9 Å². The van der Waals surface area contributed by atoms with E-state index in [2.05, 4.69) is 19.2 Å². The summed E-state index contributed by atoms with van der Waals surface area (Å²) in [5, 5.41) is 3.17. The molecule has 0 unspecified atom stereocenters. The first kappa shape index (κ1) is 21.0. The van der Waals surface area contributed by atoms with Crippen molar-refractivity contribution in [1.29, 1.82) is 0 Å². The molecule has 0 aliphatic carbocycles. The molecule has 1 amide bonds. The van der Waals surface area contributed by atoms with Crippen LogP contribution < -0.4 is 10.1 Å². The van der Waals surface area contributed by atoms with Crippen molar-refractivity contribution in [2.75, 3.05) is 26.7 Å². The van der Waals surface area contributed by atoms with E-state index >= 15 is 0 Å². The number of nitrogens with one attached hydrogen (secondary N) is 1. The summed E-state index contributed by atoms with van der Waals surface area (Å²) in [6, 6.07) is 4.41. The van der Waals surface area contributed by atoms with Gasteiger partial charge in [-0.1, -0.05) is 25.4 Å². The van der Waals surface area contributed by atoms with Gasteiger partial charge in [-0.05, 0) is 43.4 Å². The Morgan fingerprint density at radius 1 is 1.42 bits per heavy atom. The number of piperidine rings is 1. The Morgan fingerprint density at radius 3 is 2.77 bits per heavy atom. The van der Waals surface area contributed by atoms with Gasteiger partial charge in [0.05, 0.1) is 22.9 Å². The van der Waals surface area contributed by atoms with Crippen molar-refractivity contribution in [2.45, 2.75) is 38.0 Å². The second kappa shape index (κ2) is 9.06. The van der Waals surface area contributed by atoms with Crippen LogP contribution in [0, 0.1) is 11.8 Å². The van der Waals surface area contributed by atoms with E-state index in [1.807, 2.05) is 0 Å². The minimum atomic E-state index is -3.70. The van der Waals surface area contributed by atoms with Crippen LogP contribution in [0.5, 0.6) is 5.75 Å². The zero-order chi connectivity index (χ0) is 19.3. The van der Waals surface area contributed by atoms with Crippen LogP contribution in [0.3, 0.4) is 0 Å². The van der Waals surface area contributed by atoms with E-state index in [0.717, 1.165) is 6.42 Å². The first-order valence-corrected chi connectivity index (χ1v) is 10.7. The van der Waals surface area contributed by atoms with Gasteiger partial charge < -0.3 is 10.1 Å². The molecule has 1 saturated heterocycles. The molecule has 1 aliphatic heterocycles. The first-order chi connectivity index (χ1) is 12.3. The van der Waals surface area contributed by atoms with Crippen molar-refractivity contribution in [3.63, 3.8) is 0 Å². The fourth-order valence-electron chi connectivity index (χ4n) is 2.96. The number of benzene rings is 1. The van der Waals surface area contributed by atoms with E-state index < -0.39 is 10.0 Å². The smallest absolute Gasteiger partial charge is 0.243 e. The van der Waals surface area contributed by atoms with Crippen LogP contribution in [-0.4, -0.2) is 45.4 Å². The van der Waals surface area contributed by atoms with Gasteiger partial charge in [-0.3, -0.25) is 4.79 Å². The Kier molecular flexibility index (Phi) is 7.32. The Morgan fingerprint density at radius 2 is 2.15 bits per heavy atom. The normalized spacial score (nSPS) is 18.7. The quantitative estimate of drug-likeness (QED) is 0.760. The van der Waals surface area contributed by atoms with Crippen molar-refractivity contribution in [1.82, 2.24) is 9.62 Å². The minimum absolute atomic E-state index is 0.0710. The number of hydrogen-bond donors (Lipinski definition) is 1. The largest absolute Gasteiger partial charge is 0.495 e. The third kappa shape index (κ3) is 5.11. The number of methoxy groups -OCH3 is 1. The summed E-state index contributed by atoms with van der Waals surface area (Å²) >= 11 is 6.06.